The van der Waals surface area contributed by atoms with E-state index in [0.717, 1.165) is 39.3 Å². The van der Waals surface area contributed by atoms with Crippen molar-refractivity contribution in [2.45, 2.75) is 11.4 Å². The minimum Gasteiger partial charge on any atom is -0.326 e. The third-order valence-corrected chi connectivity index (χ3v) is 7.58. The number of rotatable bonds is 6. The second-order valence-corrected chi connectivity index (χ2v) is 11.4. The lowest BCUT2D eigenvalue weighted by atomic mass is 10.0. The van der Waals surface area contributed by atoms with Crippen molar-refractivity contribution in [1.29, 1.82) is 0 Å². The molecule has 0 bridgehead atoms. The van der Waals surface area contributed by atoms with Gasteiger partial charge < -0.3 is 4.57 Å². The molecule has 0 aliphatic rings. The Hall–Kier alpha value is -3.38. The van der Waals surface area contributed by atoms with Crippen molar-refractivity contribution in [3.05, 3.63) is 119 Å². The van der Waals surface area contributed by atoms with Crippen LogP contribution in [0.15, 0.2) is 108 Å². The molecule has 5 rings (SSSR count). The average molecular weight is 533 g/mol. The summed E-state index contributed by atoms with van der Waals surface area (Å²) in [6, 6.07) is 30.5. The fourth-order valence-electron chi connectivity index (χ4n) is 4.09. The van der Waals surface area contributed by atoms with E-state index in [9.17, 15) is 8.42 Å². The maximum absolute atomic E-state index is 12.0. The van der Waals surface area contributed by atoms with E-state index in [0.29, 0.717) is 21.5 Å². The predicted octanol–water partition coefficient (Wildman–Crippen LogP) is 7.64. The van der Waals surface area contributed by atoms with Crippen LogP contribution in [0.25, 0.3) is 33.8 Å². The second-order valence-electron chi connectivity index (χ2n) is 8.56. The number of nitrogens with zero attached hydrogens (tertiary/aromatic N) is 2. The van der Waals surface area contributed by atoms with E-state index < -0.39 is 9.84 Å². The number of sulfone groups is 1. The lowest BCUT2D eigenvalue weighted by molar-refractivity contribution is 0.602. The highest BCUT2D eigenvalue weighted by Gasteiger charge is 2.15. The first-order valence-electron chi connectivity index (χ1n) is 11.3. The van der Waals surface area contributed by atoms with E-state index in [-0.39, 0.29) is 0 Å². The molecule has 0 fully saturated rings. The zero-order valence-corrected chi connectivity index (χ0v) is 21.7. The van der Waals surface area contributed by atoms with Gasteiger partial charge in [-0.2, -0.15) is 0 Å². The Labute approximate surface area is 220 Å². The first kappa shape index (κ1) is 24.3. The summed E-state index contributed by atoms with van der Waals surface area (Å²) < 4.78 is 26.1. The van der Waals surface area contributed by atoms with Gasteiger partial charge >= 0.3 is 0 Å². The number of benzene rings is 4. The third-order valence-electron chi connectivity index (χ3n) is 5.92. The van der Waals surface area contributed by atoms with Gasteiger partial charge in [0.25, 0.3) is 0 Å². The molecule has 5 aromatic rings. The van der Waals surface area contributed by atoms with Gasteiger partial charge in [0.15, 0.2) is 9.84 Å². The molecule has 36 heavy (non-hydrogen) atoms. The molecule has 180 valence electrons. The van der Waals surface area contributed by atoms with Crippen molar-refractivity contribution in [3.63, 3.8) is 0 Å². The Morgan fingerprint density at radius 3 is 2.19 bits per heavy atom. The third kappa shape index (κ3) is 5.24. The maximum atomic E-state index is 12.0. The molecular weight excluding hydrogens is 511 g/mol. The fourth-order valence-corrected chi connectivity index (χ4v) is 5.26. The van der Waals surface area contributed by atoms with Crippen LogP contribution in [0.2, 0.25) is 10.0 Å². The Morgan fingerprint density at radius 2 is 1.50 bits per heavy atom. The first-order valence-corrected chi connectivity index (χ1v) is 13.9. The molecule has 0 spiro atoms. The van der Waals surface area contributed by atoms with Crippen molar-refractivity contribution in [3.8, 4) is 33.8 Å². The van der Waals surface area contributed by atoms with Gasteiger partial charge in [-0.05, 0) is 47.0 Å². The summed E-state index contributed by atoms with van der Waals surface area (Å²) in [5.41, 5.74) is 5.41. The summed E-state index contributed by atoms with van der Waals surface area (Å²) in [5, 5.41) is 1.11. The zero-order valence-electron chi connectivity index (χ0n) is 19.4. The highest BCUT2D eigenvalue weighted by Crippen LogP contribution is 2.33. The van der Waals surface area contributed by atoms with Crippen molar-refractivity contribution < 1.29 is 8.42 Å². The summed E-state index contributed by atoms with van der Waals surface area (Å²) >= 11 is 12.6. The summed E-state index contributed by atoms with van der Waals surface area (Å²) in [6.45, 7) is 0.645. The number of hydrogen-bond donors (Lipinski definition) is 0. The Morgan fingerprint density at radius 1 is 0.778 bits per heavy atom. The van der Waals surface area contributed by atoms with Crippen molar-refractivity contribution >= 4 is 33.0 Å². The Kier molecular flexibility index (Phi) is 6.71. The smallest absolute Gasteiger partial charge is 0.175 e. The van der Waals surface area contributed by atoms with Gasteiger partial charge in [-0.15, -0.1) is 0 Å². The van der Waals surface area contributed by atoms with Crippen LogP contribution in [0.4, 0.5) is 0 Å². The van der Waals surface area contributed by atoms with Crippen molar-refractivity contribution in [2.24, 2.45) is 0 Å². The van der Waals surface area contributed by atoms with Gasteiger partial charge in [-0.25, -0.2) is 13.4 Å². The quantitative estimate of drug-likeness (QED) is 0.225. The molecule has 0 aliphatic heterocycles. The Balaban J connectivity index is 1.55. The molecule has 1 aromatic heterocycles. The van der Waals surface area contributed by atoms with Crippen molar-refractivity contribution in [1.82, 2.24) is 9.55 Å². The molecule has 0 unspecified atom stereocenters. The van der Waals surface area contributed by atoms with Gasteiger partial charge in [0.1, 0.15) is 5.82 Å². The molecule has 0 saturated carbocycles. The van der Waals surface area contributed by atoms with Crippen LogP contribution in [0.3, 0.4) is 0 Å². The summed E-state index contributed by atoms with van der Waals surface area (Å²) in [7, 11) is -3.28. The van der Waals surface area contributed by atoms with E-state index in [4.69, 9.17) is 28.2 Å². The molecule has 0 N–H and O–H groups in total. The lowest BCUT2D eigenvalue weighted by Gasteiger charge is -2.09. The minimum absolute atomic E-state index is 0.298. The summed E-state index contributed by atoms with van der Waals surface area (Å²) in [6.07, 6.45) is 3.22. The molecule has 0 radical (unpaired) electrons. The topological polar surface area (TPSA) is 52.0 Å². The fraction of sp³-hybridized carbons (Fsp3) is 0.0690. The Bertz CT molecular complexity index is 1650. The van der Waals surface area contributed by atoms with E-state index in [1.165, 1.54) is 6.26 Å². The van der Waals surface area contributed by atoms with E-state index in [1.807, 2.05) is 60.8 Å². The monoisotopic (exact) mass is 532 g/mol. The van der Waals surface area contributed by atoms with Crippen LogP contribution in [0.5, 0.6) is 0 Å². The summed E-state index contributed by atoms with van der Waals surface area (Å²) in [5.74, 6) is 0.802. The van der Waals surface area contributed by atoms with Crippen LogP contribution in [0.1, 0.15) is 5.56 Å². The van der Waals surface area contributed by atoms with Crippen LogP contribution in [-0.4, -0.2) is 24.2 Å². The molecule has 0 atom stereocenters. The van der Waals surface area contributed by atoms with Crippen LogP contribution in [0, 0.1) is 0 Å². The predicted molar refractivity (Wildman–Crippen MR) is 147 cm³/mol. The molecule has 7 heteroatoms. The number of hydrogen-bond acceptors (Lipinski definition) is 3. The zero-order chi connectivity index (χ0) is 25.3. The van der Waals surface area contributed by atoms with Gasteiger partial charge in [0.2, 0.25) is 0 Å². The van der Waals surface area contributed by atoms with Gasteiger partial charge in [0, 0.05) is 35.1 Å². The van der Waals surface area contributed by atoms with E-state index in [1.54, 1.807) is 30.3 Å². The molecule has 4 nitrogen and oxygen atoms in total. The van der Waals surface area contributed by atoms with Crippen LogP contribution >= 0.6 is 23.2 Å². The van der Waals surface area contributed by atoms with Gasteiger partial charge in [-0.1, -0.05) is 89.9 Å². The standard InChI is InChI=1S/C29H22Cl2N2O2S/c1-36(34,35)25-9-5-8-23(16-25)21-10-12-22(13-11-21)29-32-28(26-15-14-24(30)17-27(26)31)19-33(29)18-20-6-3-2-4-7-20/h2-17,19H,18H2,1H3. The van der Waals surface area contributed by atoms with Gasteiger partial charge in [-0.3, -0.25) is 0 Å². The lowest BCUT2D eigenvalue weighted by Crippen LogP contribution is -2.01. The second kappa shape index (κ2) is 9.94. The molecule has 4 aromatic carbocycles. The maximum Gasteiger partial charge on any atom is 0.175 e. The minimum atomic E-state index is -3.28. The first-order chi connectivity index (χ1) is 17.3. The van der Waals surface area contributed by atoms with E-state index in [2.05, 4.69) is 16.7 Å². The van der Waals surface area contributed by atoms with E-state index >= 15 is 0 Å². The highest BCUT2D eigenvalue weighted by atomic mass is 35.5. The number of halogens is 2. The number of imidazole rings is 1. The van der Waals surface area contributed by atoms with Crippen molar-refractivity contribution in [2.75, 3.05) is 6.26 Å². The summed E-state index contributed by atoms with van der Waals surface area (Å²) in [4.78, 5) is 5.24. The molecule has 0 amide bonds. The molecule has 0 aliphatic carbocycles. The van der Waals surface area contributed by atoms with Crippen LogP contribution in [-0.2, 0) is 16.4 Å². The molecular formula is C29H22Cl2N2O2S. The SMILES string of the molecule is CS(=O)(=O)c1cccc(-c2ccc(-c3nc(-c4ccc(Cl)cc4Cl)cn3Cc3ccccc3)cc2)c1. The largest absolute Gasteiger partial charge is 0.326 e. The molecule has 0 saturated heterocycles. The average Bonchev–Trinajstić information content (AvgIpc) is 3.27. The van der Waals surface area contributed by atoms with Gasteiger partial charge in [0.05, 0.1) is 15.6 Å². The normalized spacial score (nSPS) is 11.5. The number of aromatic nitrogens is 2. The molecule has 1 heterocycles. The highest BCUT2D eigenvalue weighted by molar-refractivity contribution is 7.90. The van der Waals surface area contributed by atoms with Crippen LogP contribution < -0.4 is 0 Å².